The van der Waals surface area contributed by atoms with Crippen LogP contribution < -0.4 is 16.0 Å². The average Bonchev–Trinajstić information content (AvgIpc) is 2.98. The molecule has 4 N–H and O–H groups in total. The van der Waals surface area contributed by atoms with Crippen molar-refractivity contribution in [3.8, 4) is 5.75 Å². The van der Waals surface area contributed by atoms with Crippen LogP contribution in [0.2, 0.25) is 0 Å². The molecule has 0 saturated carbocycles. The number of nitrogens with zero attached hydrogens (tertiary/aromatic N) is 1. The molecule has 2 rings (SSSR count). The minimum atomic E-state index is -1.51. The maximum atomic E-state index is 11.8. The second kappa shape index (κ2) is 12.2. The first-order chi connectivity index (χ1) is 12.9. The first kappa shape index (κ1) is 24.8. The standard InChI is InChI=1S/C12H16N2O9.2C2H6/c1-21-7(16)4-22-5-2-14(12(20)13-10(5)19)11-9(18)8(17)6(3-15)23-11;2*1-2/h2,6,8-9,11,15,17-18H,3-4H2,1H3,(H,13,19,20);2*1-2H3. The van der Waals surface area contributed by atoms with E-state index in [-0.39, 0.29) is 5.75 Å². The first-order valence-electron chi connectivity index (χ1n) is 8.56. The van der Waals surface area contributed by atoms with E-state index in [0.717, 1.165) is 17.9 Å². The van der Waals surface area contributed by atoms with Gasteiger partial charge >= 0.3 is 11.7 Å². The number of nitrogens with one attached hydrogen (secondary N) is 1. The van der Waals surface area contributed by atoms with E-state index in [4.69, 9.17) is 14.6 Å². The van der Waals surface area contributed by atoms with Crippen molar-refractivity contribution in [2.75, 3.05) is 20.3 Å². The van der Waals surface area contributed by atoms with Crippen LogP contribution in [0.1, 0.15) is 33.9 Å². The van der Waals surface area contributed by atoms with E-state index < -0.39 is 55.0 Å². The largest absolute Gasteiger partial charge is 0.475 e. The Bertz CT molecular complexity index is 685. The predicted octanol–water partition coefficient (Wildman–Crippen LogP) is -1.25. The average molecular weight is 392 g/mol. The Morgan fingerprint density at radius 3 is 2.30 bits per heavy atom. The van der Waals surface area contributed by atoms with Gasteiger partial charge in [0.25, 0.3) is 5.56 Å². The van der Waals surface area contributed by atoms with Crippen molar-refractivity contribution in [2.24, 2.45) is 0 Å². The molecule has 0 radical (unpaired) electrons. The summed E-state index contributed by atoms with van der Waals surface area (Å²) >= 11 is 0. The fourth-order valence-corrected chi connectivity index (χ4v) is 2.06. The molecule has 156 valence electrons. The van der Waals surface area contributed by atoms with Crippen molar-refractivity contribution in [1.29, 1.82) is 0 Å². The van der Waals surface area contributed by atoms with Crippen LogP contribution >= 0.6 is 0 Å². The third-order valence-corrected chi connectivity index (χ3v) is 3.30. The molecule has 1 aromatic rings. The summed E-state index contributed by atoms with van der Waals surface area (Å²) in [7, 11) is 1.13. The molecule has 0 amide bonds. The molecule has 27 heavy (non-hydrogen) atoms. The molecule has 1 saturated heterocycles. The van der Waals surface area contributed by atoms with Crippen molar-refractivity contribution in [3.63, 3.8) is 0 Å². The van der Waals surface area contributed by atoms with E-state index in [1.807, 2.05) is 32.7 Å². The Labute approximate surface area is 156 Å². The fraction of sp³-hybridized carbons (Fsp3) is 0.688. The number of aromatic nitrogens is 2. The third kappa shape index (κ3) is 6.17. The summed E-state index contributed by atoms with van der Waals surface area (Å²) in [6.07, 6.45) is -4.42. The van der Waals surface area contributed by atoms with Gasteiger partial charge in [0.05, 0.1) is 19.9 Å². The lowest BCUT2D eigenvalue weighted by molar-refractivity contribution is -0.142. The molecule has 0 spiro atoms. The Hall–Kier alpha value is -2.21. The number of aromatic amines is 1. The Balaban J connectivity index is 0.00000158. The lowest BCUT2D eigenvalue weighted by Crippen LogP contribution is -2.38. The quantitative estimate of drug-likeness (QED) is 0.449. The van der Waals surface area contributed by atoms with Crippen LogP contribution in [0.15, 0.2) is 15.8 Å². The highest BCUT2D eigenvalue weighted by atomic mass is 16.6. The normalized spacial score (nSPS) is 23.4. The van der Waals surface area contributed by atoms with Crippen molar-refractivity contribution in [1.82, 2.24) is 9.55 Å². The maximum absolute atomic E-state index is 11.8. The number of aliphatic hydroxyl groups is 3. The minimum absolute atomic E-state index is 0.382. The van der Waals surface area contributed by atoms with Crippen LogP contribution in [-0.2, 0) is 14.3 Å². The van der Waals surface area contributed by atoms with Gasteiger partial charge in [-0.25, -0.2) is 9.59 Å². The van der Waals surface area contributed by atoms with Gasteiger partial charge in [-0.1, -0.05) is 27.7 Å². The van der Waals surface area contributed by atoms with Crippen molar-refractivity contribution in [3.05, 3.63) is 27.0 Å². The zero-order valence-corrected chi connectivity index (χ0v) is 16.0. The number of rotatable bonds is 5. The Morgan fingerprint density at radius 2 is 1.81 bits per heavy atom. The molecule has 0 aliphatic carbocycles. The van der Waals surface area contributed by atoms with Crippen LogP contribution in [0.4, 0.5) is 0 Å². The van der Waals surface area contributed by atoms with Gasteiger partial charge in [-0.15, -0.1) is 0 Å². The van der Waals surface area contributed by atoms with Crippen LogP contribution in [0.3, 0.4) is 0 Å². The van der Waals surface area contributed by atoms with Gasteiger partial charge in [-0.3, -0.25) is 14.3 Å². The van der Waals surface area contributed by atoms with Crippen molar-refractivity contribution in [2.45, 2.75) is 52.2 Å². The fourth-order valence-electron chi connectivity index (χ4n) is 2.06. The topological polar surface area (TPSA) is 160 Å². The lowest BCUT2D eigenvalue weighted by atomic mass is 10.1. The number of H-pyrrole nitrogens is 1. The summed E-state index contributed by atoms with van der Waals surface area (Å²) in [5, 5.41) is 28.6. The summed E-state index contributed by atoms with van der Waals surface area (Å²) in [6.45, 7) is 6.87. The highest BCUT2D eigenvalue weighted by Gasteiger charge is 2.43. The summed E-state index contributed by atoms with van der Waals surface area (Å²) in [5.74, 6) is -1.12. The Morgan fingerprint density at radius 1 is 1.22 bits per heavy atom. The molecule has 0 bridgehead atoms. The number of ether oxygens (including phenoxy) is 3. The van der Waals surface area contributed by atoms with Gasteiger partial charge in [0.2, 0.25) is 5.75 Å². The number of aliphatic hydroxyl groups excluding tert-OH is 3. The SMILES string of the molecule is CC.CC.COC(=O)COc1cn(C2OC(CO)C(O)C2O)c(=O)[nH]c1=O. The van der Waals surface area contributed by atoms with Gasteiger partial charge in [-0.05, 0) is 0 Å². The summed E-state index contributed by atoms with van der Waals surface area (Å²) < 4.78 is 15.3. The molecule has 4 unspecified atom stereocenters. The highest BCUT2D eigenvalue weighted by Crippen LogP contribution is 2.28. The van der Waals surface area contributed by atoms with Gasteiger partial charge in [0.1, 0.15) is 18.3 Å². The molecule has 2 heterocycles. The number of carbonyl (C=O) groups is 1. The van der Waals surface area contributed by atoms with E-state index in [1.165, 1.54) is 0 Å². The molecule has 11 heteroatoms. The molecule has 4 atom stereocenters. The van der Waals surface area contributed by atoms with Gasteiger partial charge < -0.3 is 29.5 Å². The molecule has 1 aromatic heterocycles. The molecule has 1 aliphatic heterocycles. The highest BCUT2D eigenvalue weighted by molar-refractivity contribution is 5.70. The number of methoxy groups -OCH3 is 1. The number of esters is 1. The minimum Gasteiger partial charge on any atom is -0.475 e. The van der Waals surface area contributed by atoms with Crippen LogP contribution in [0, 0.1) is 0 Å². The zero-order valence-electron chi connectivity index (χ0n) is 16.0. The maximum Gasteiger partial charge on any atom is 0.343 e. The van der Waals surface area contributed by atoms with Crippen LogP contribution in [0.5, 0.6) is 5.75 Å². The molecule has 11 nitrogen and oxygen atoms in total. The number of carbonyl (C=O) groups excluding carboxylic acids is 1. The second-order valence-electron chi connectivity index (χ2n) is 4.75. The second-order valence-corrected chi connectivity index (χ2v) is 4.75. The van der Waals surface area contributed by atoms with Gasteiger partial charge in [0, 0.05) is 0 Å². The number of hydrogen-bond acceptors (Lipinski definition) is 9. The molecular weight excluding hydrogens is 364 g/mol. The predicted molar refractivity (Wildman–Crippen MR) is 94.5 cm³/mol. The van der Waals surface area contributed by atoms with E-state index in [0.29, 0.717) is 0 Å². The molecule has 1 fully saturated rings. The van der Waals surface area contributed by atoms with E-state index >= 15 is 0 Å². The molecule has 1 aliphatic rings. The van der Waals surface area contributed by atoms with Crippen molar-refractivity contribution < 1.29 is 34.3 Å². The summed E-state index contributed by atoms with van der Waals surface area (Å²) in [6, 6.07) is 0. The van der Waals surface area contributed by atoms with E-state index in [2.05, 4.69) is 4.74 Å². The number of hydrogen-bond donors (Lipinski definition) is 4. The van der Waals surface area contributed by atoms with E-state index in [9.17, 15) is 24.6 Å². The summed E-state index contributed by atoms with van der Waals surface area (Å²) in [5.41, 5.74) is -1.81. The van der Waals surface area contributed by atoms with Crippen LogP contribution in [0.25, 0.3) is 0 Å². The smallest absolute Gasteiger partial charge is 0.343 e. The monoisotopic (exact) mass is 392 g/mol. The third-order valence-electron chi connectivity index (χ3n) is 3.30. The molecule has 0 aromatic carbocycles. The van der Waals surface area contributed by atoms with Crippen LogP contribution in [-0.4, -0.2) is 69.5 Å². The molecular formula is C16H28N2O9. The lowest BCUT2D eigenvalue weighted by Gasteiger charge is -2.17. The zero-order chi connectivity index (χ0) is 21.1. The first-order valence-corrected chi connectivity index (χ1v) is 8.56. The van der Waals surface area contributed by atoms with Gasteiger partial charge in [-0.2, -0.15) is 0 Å². The van der Waals surface area contributed by atoms with E-state index in [1.54, 1.807) is 0 Å². The summed E-state index contributed by atoms with van der Waals surface area (Å²) in [4.78, 5) is 36.4. The Kier molecular flexibility index (Phi) is 11.2. The van der Waals surface area contributed by atoms with Crippen molar-refractivity contribution >= 4 is 5.97 Å². The van der Waals surface area contributed by atoms with Gasteiger partial charge in [0.15, 0.2) is 12.8 Å².